The third kappa shape index (κ3) is 3.56. The van der Waals surface area contributed by atoms with Crippen LogP contribution in [0.1, 0.15) is 32.6 Å². The second kappa shape index (κ2) is 6.19. The maximum atomic E-state index is 12.3. The average Bonchev–Trinajstić information content (AvgIpc) is 3.01. The molecular formula is C14H23N3O2. The highest BCUT2D eigenvalue weighted by molar-refractivity contribution is 5.79. The van der Waals surface area contributed by atoms with Crippen LogP contribution in [-0.4, -0.2) is 34.9 Å². The molecule has 1 aromatic heterocycles. The van der Waals surface area contributed by atoms with Gasteiger partial charge in [0.25, 0.3) is 0 Å². The van der Waals surface area contributed by atoms with Crippen LogP contribution in [0.2, 0.25) is 0 Å². The highest BCUT2D eigenvalue weighted by atomic mass is 16.5. The van der Waals surface area contributed by atoms with Gasteiger partial charge in [0.2, 0.25) is 5.91 Å². The first kappa shape index (κ1) is 14.1. The Kier molecular flexibility index (Phi) is 4.58. The lowest BCUT2D eigenvalue weighted by atomic mass is 9.97. The van der Waals surface area contributed by atoms with Crippen LogP contribution in [0.5, 0.6) is 0 Å². The van der Waals surface area contributed by atoms with Crippen molar-refractivity contribution < 1.29 is 9.53 Å². The Morgan fingerprint density at radius 3 is 2.84 bits per heavy atom. The van der Waals surface area contributed by atoms with Crippen molar-refractivity contribution in [2.75, 3.05) is 13.7 Å². The second-order valence-electron chi connectivity index (χ2n) is 5.54. The van der Waals surface area contributed by atoms with Gasteiger partial charge < -0.3 is 10.1 Å². The summed E-state index contributed by atoms with van der Waals surface area (Å²) in [6, 6.07) is 1.87. The summed E-state index contributed by atoms with van der Waals surface area (Å²) in [5.41, 5.74) is -0.149. The fourth-order valence-electron chi connectivity index (χ4n) is 2.79. The Labute approximate surface area is 114 Å². The van der Waals surface area contributed by atoms with Crippen molar-refractivity contribution in [1.29, 1.82) is 0 Å². The van der Waals surface area contributed by atoms with Gasteiger partial charge in [-0.15, -0.1) is 0 Å². The van der Waals surface area contributed by atoms with Gasteiger partial charge in [-0.1, -0.05) is 19.8 Å². The van der Waals surface area contributed by atoms with E-state index in [1.54, 1.807) is 18.0 Å². The molecule has 1 saturated carbocycles. The van der Waals surface area contributed by atoms with Gasteiger partial charge in [0, 0.05) is 19.5 Å². The van der Waals surface area contributed by atoms with Crippen molar-refractivity contribution in [2.45, 2.75) is 44.7 Å². The zero-order chi connectivity index (χ0) is 13.7. The van der Waals surface area contributed by atoms with E-state index in [9.17, 15) is 4.79 Å². The summed E-state index contributed by atoms with van der Waals surface area (Å²) in [4.78, 5) is 12.3. The van der Waals surface area contributed by atoms with E-state index < -0.39 is 0 Å². The molecule has 5 heteroatoms. The zero-order valence-corrected chi connectivity index (χ0v) is 11.8. The Balaban J connectivity index is 1.91. The lowest BCUT2D eigenvalue weighted by molar-refractivity contribution is -0.127. The summed E-state index contributed by atoms with van der Waals surface area (Å²) in [5, 5.41) is 7.34. The number of methoxy groups -OCH3 is 1. The van der Waals surface area contributed by atoms with Crippen LogP contribution in [-0.2, 0) is 16.1 Å². The van der Waals surface area contributed by atoms with E-state index >= 15 is 0 Å². The molecule has 106 valence electrons. The predicted octanol–water partition coefficient (Wildman–Crippen LogP) is 1.59. The first-order valence-corrected chi connectivity index (χ1v) is 6.94. The lowest BCUT2D eigenvalue weighted by Gasteiger charge is -2.30. The Morgan fingerprint density at radius 1 is 1.53 bits per heavy atom. The first-order valence-electron chi connectivity index (χ1n) is 6.94. The van der Waals surface area contributed by atoms with Gasteiger partial charge in [0.05, 0.1) is 24.6 Å². The standard InChI is InChI=1S/C14H23N3O2/c1-12(10-17-9-5-8-15-17)13(18)16-14(11-19-2)6-3-4-7-14/h5,8-9,12H,3-4,6-7,10-11H2,1-2H3,(H,16,18). The minimum Gasteiger partial charge on any atom is -0.382 e. The molecule has 1 heterocycles. The molecule has 2 rings (SSSR count). The van der Waals surface area contributed by atoms with Crippen molar-refractivity contribution in [3.63, 3.8) is 0 Å². The van der Waals surface area contributed by atoms with E-state index in [1.165, 1.54) is 0 Å². The third-order valence-corrected chi connectivity index (χ3v) is 3.84. The van der Waals surface area contributed by atoms with Crippen LogP contribution in [0.3, 0.4) is 0 Å². The molecule has 1 aliphatic carbocycles. The molecule has 1 unspecified atom stereocenters. The van der Waals surface area contributed by atoms with E-state index in [2.05, 4.69) is 10.4 Å². The fraction of sp³-hybridized carbons (Fsp3) is 0.714. The van der Waals surface area contributed by atoms with Gasteiger partial charge in [-0.3, -0.25) is 9.48 Å². The number of hydrogen-bond acceptors (Lipinski definition) is 3. The van der Waals surface area contributed by atoms with Crippen molar-refractivity contribution in [3.8, 4) is 0 Å². The molecule has 0 radical (unpaired) electrons. The van der Waals surface area contributed by atoms with Crippen molar-refractivity contribution in [2.24, 2.45) is 5.92 Å². The molecule has 0 saturated heterocycles. The van der Waals surface area contributed by atoms with Gasteiger partial charge >= 0.3 is 0 Å². The largest absolute Gasteiger partial charge is 0.382 e. The zero-order valence-electron chi connectivity index (χ0n) is 11.8. The van der Waals surface area contributed by atoms with Gasteiger partial charge in [-0.05, 0) is 18.9 Å². The van der Waals surface area contributed by atoms with E-state index in [0.717, 1.165) is 25.7 Å². The summed E-state index contributed by atoms with van der Waals surface area (Å²) in [7, 11) is 1.69. The van der Waals surface area contributed by atoms with Crippen LogP contribution in [0, 0.1) is 5.92 Å². The van der Waals surface area contributed by atoms with Crippen molar-refractivity contribution >= 4 is 5.91 Å². The summed E-state index contributed by atoms with van der Waals surface area (Å²) in [6.45, 7) is 3.15. The minimum absolute atomic E-state index is 0.0887. The molecule has 0 spiro atoms. The smallest absolute Gasteiger partial charge is 0.225 e. The van der Waals surface area contributed by atoms with Gasteiger partial charge in [0.15, 0.2) is 0 Å². The van der Waals surface area contributed by atoms with Crippen LogP contribution in [0.4, 0.5) is 0 Å². The molecule has 1 N–H and O–H groups in total. The molecule has 0 aromatic carbocycles. The summed E-state index contributed by atoms with van der Waals surface area (Å²) in [5.74, 6) is 0.00341. The molecule has 1 amide bonds. The minimum atomic E-state index is -0.149. The maximum Gasteiger partial charge on any atom is 0.225 e. The monoisotopic (exact) mass is 265 g/mol. The summed E-state index contributed by atoms with van der Waals surface area (Å²) >= 11 is 0. The number of aromatic nitrogens is 2. The Hall–Kier alpha value is -1.36. The molecule has 5 nitrogen and oxygen atoms in total. The number of hydrogen-bond donors (Lipinski definition) is 1. The van der Waals surface area contributed by atoms with Crippen LogP contribution in [0.15, 0.2) is 18.5 Å². The van der Waals surface area contributed by atoms with E-state index in [-0.39, 0.29) is 17.4 Å². The number of rotatable bonds is 6. The molecule has 1 fully saturated rings. The SMILES string of the molecule is COCC1(NC(=O)C(C)Cn2cccn2)CCCC1. The molecule has 1 aliphatic rings. The highest BCUT2D eigenvalue weighted by Crippen LogP contribution is 2.30. The molecule has 1 aromatic rings. The van der Waals surface area contributed by atoms with Gasteiger partial charge in [-0.2, -0.15) is 5.10 Å². The first-order chi connectivity index (χ1) is 9.15. The van der Waals surface area contributed by atoms with Crippen molar-refractivity contribution in [1.82, 2.24) is 15.1 Å². The summed E-state index contributed by atoms with van der Waals surface area (Å²) < 4.78 is 7.08. The lowest BCUT2D eigenvalue weighted by Crippen LogP contribution is -2.51. The Morgan fingerprint density at radius 2 is 2.26 bits per heavy atom. The van der Waals surface area contributed by atoms with Crippen molar-refractivity contribution in [3.05, 3.63) is 18.5 Å². The topological polar surface area (TPSA) is 56.1 Å². The number of nitrogens with zero attached hydrogens (tertiary/aromatic N) is 2. The van der Waals surface area contributed by atoms with E-state index in [0.29, 0.717) is 13.2 Å². The average molecular weight is 265 g/mol. The van der Waals surface area contributed by atoms with Crippen LogP contribution >= 0.6 is 0 Å². The van der Waals surface area contributed by atoms with Crippen LogP contribution in [0.25, 0.3) is 0 Å². The number of ether oxygens (including phenoxy) is 1. The normalized spacial score (nSPS) is 19.3. The van der Waals surface area contributed by atoms with Crippen LogP contribution < -0.4 is 5.32 Å². The fourth-order valence-corrected chi connectivity index (χ4v) is 2.79. The molecule has 0 aliphatic heterocycles. The van der Waals surface area contributed by atoms with Gasteiger partial charge in [-0.25, -0.2) is 0 Å². The van der Waals surface area contributed by atoms with E-state index in [4.69, 9.17) is 4.74 Å². The molecule has 19 heavy (non-hydrogen) atoms. The quantitative estimate of drug-likeness (QED) is 0.850. The van der Waals surface area contributed by atoms with E-state index in [1.807, 2.05) is 19.2 Å². The molecule has 1 atom stereocenters. The number of amides is 1. The molecular weight excluding hydrogens is 242 g/mol. The molecule has 0 bridgehead atoms. The number of carbonyl (C=O) groups is 1. The highest BCUT2D eigenvalue weighted by Gasteiger charge is 2.36. The Bertz CT molecular complexity index is 397. The maximum absolute atomic E-state index is 12.3. The number of nitrogens with one attached hydrogen (secondary N) is 1. The summed E-state index contributed by atoms with van der Waals surface area (Å²) in [6.07, 6.45) is 7.97. The number of carbonyl (C=O) groups excluding carboxylic acids is 1. The van der Waals surface area contributed by atoms with Gasteiger partial charge in [0.1, 0.15) is 0 Å². The predicted molar refractivity (Wildman–Crippen MR) is 72.6 cm³/mol. The second-order valence-corrected chi connectivity index (χ2v) is 5.54. The third-order valence-electron chi connectivity index (χ3n) is 3.84.